The Balaban J connectivity index is 1.92. The molecule has 0 aliphatic carbocycles. The van der Waals surface area contributed by atoms with Gasteiger partial charge in [0.2, 0.25) is 5.89 Å². The van der Waals surface area contributed by atoms with E-state index in [0.29, 0.717) is 11.8 Å². The van der Waals surface area contributed by atoms with Gasteiger partial charge in [-0.1, -0.05) is 30.3 Å². The number of thiazole rings is 1. The molecule has 102 valence electrons. The molecule has 1 unspecified atom stereocenters. The third kappa shape index (κ3) is 2.48. The molecule has 0 saturated carbocycles. The van der Waals surface area contributed by atoms with Gasteiger partial charge in [0.25, 0.3) is 5.89 Å². The molecule has 3 aromatic rings. The lowest BCUT2D eigenvalue weighted by Gasteiger charge is -2.11. The molecular formula is C14H14N4OS. The highest BCUT2D eigenvalue weighted by atomic mass is 32.1. The van der Waals surface area contributed by atoms with E-state index in [9.17, 15) is 0 Å². The van der Waals surface area contributed by atoms with Crippen molar-refractivity contribution in [1.29, 1.82) is 0 Å². The van der Waals surface area contributed by atoms with Crippen molar-refractivity contribution in [1.82, 2.24) is 20.5 Å². The molecule has 0 amide bonds. The molecule has 0 aliphatic rings. The summed E-state index contributed by atoms with van der Waals surface area (Å²) in [5, 5.41) is 12.4. The van der Waals surface area contributed by atoms with Gasteiger partial charge in [-0.3, -0.25) is 0 Å². The summed E-state index contributed by atoms with van der Waals surface area (Å²) in [7, 11) is 1.87. The Labute approximate surface area is 120 Å². The molecule has 20 heavy (non-hydrogen) atoms. The van der Waals surface area contributed by atoms with Gasteiger partial charge in [-0.05, 0) is 19.5 Å². The molecule has 1 aromatic carbocycles. The molecule has 1 N–H and O–H groups in total. The average molecular weight is 286 g/mol. The fourth-order valence-corrected chi connectivity index (χ4v) is 2.69. The third-order valence-corrected chi connectivity index (χ3v) is 3.84. The quantitative estimate of drug-likeness (QED) is 0.799. The monoisotopic (exact) mass is 286 g/mol. The van der Waals surface area contributed by atoms with Crippen LogP contribution in [0, 0.1) is 6.92 Å². The van der Waals surface area contributed by atoms with Gasteiger partial charge in [0.05, 0.1) is 11.2 Å². The second-order valence-corrected chi connectivity index (χ2v) is 5.56. The smallest absolute Gasteiger partial charge is 0.259 e. The van der Waals surface area contributed by atoms with Crippen LogP contribution in [0.25, 0.3) is 10.8 Å². The summed E-state index contributed by atoms with van der Waals surface area (Å²) in [5.74, 6) is 1.07. The third-order valence-electron chi connectivity index (χ3n) is 2.94. The van der Waals surface area contributed by atoms with Crippen molar-refractivity contribution in [3.8, 4) is 10.8 Å². The molecular weight excluding hydrogens is 272 g/mol. The summed E-state index contributed by atoms with van der Waals surface area (Å²) >= 11 is 1.54. The summed E-state index contributed by atoms with van der Waals surface area (Å²) in [4.78, 5) is 5.09. The van der Waals surface area contributed by atoms with Crippen LogP contribution in [0.1, 0.15) is 22.5 Å². The van der Waals surface area contributed by atoms with Crippen LogP contribution in [0.15, 0.2) is 40.9 Å². The van der Waals surface area contributed by atoms with E-state index in [2.05, 4.69) is 20.5 Å². The maximum atomic E-state index is 5.78. The van der Waals surface area contributed by atoms with E-state index in [0.717, 1.165) is 15.4 Å². The van der Waals surface area contributed by atoms with Gasteiger partial charge in [0, 0.05) is 0 Å². The predicted octanol–water partition coefficient (Wildman–Crippen LogP) is 2.81. The largest absolute Gasteiger partial charge is 0.418 e. The zero-order valence-electron chi connectivity index (χ0n) is 11.2. The van der Waals surface area contributed by atoms with Crippen LogP contribution in [-0.2, 0) is 0 Å². The van der Waals surface area contributed by atoms with E-state index < -0.39 is 0 Å². The van der Waals surface area contributed by atoms with E-state index in [1.807, 2.05) is 44.3 Å². The van der Waals surface area contributed by atoms with Gasteiger partial charge < -0.3 is 9.73 Å². The molecule has 6 heteroatoms. The van der Waals surface area contributed by atoms with Crippen LogP contribution in [0.5, 0.6) is 0 Å². The molecule has 0 spiro atoms. The first-order valence-electron chi connectivity index (χ1n) is 6.26. The number of hydrogen-bond donors (Lipinski definition) is 1. The number of nitrogens with one attached hydrogen (secondary N) is 1. The molecule has 0 saturated heterocycles. The van der Waals surface area contributed by atoms with Crippen molar-refractivity contribution in [2.75, 3.05) is 7.05 Å². The lowest BCUT2D eigenvalue weighted by Crippen LogP contribution is -2.17. The summed E-state index contributed by atoms with van der Waals surface area (Å²) in [6, 6.07) is 9.92. The Bertz CT molecular complexity index is 692. The van der Waals surface area contributed by atoms with Crippen LogP contribution < -0.4 is 5.32 Å². The Hall–Kier alpha value is -2.05. The summed E-state index contributed by atoms with van der Waals surface area (Å²) in [6.45, 7) is 1.95. The highest BCUT2D eigenvalue weighted by Gasteiger charge is 2.20. The minimum atomic E-state index is -0.105. The second-order valence-electron chi connectivity index (χ2n) is 4.32. The fraction of sp³-hybridized carbons (Fsp3) is 0.214. The highest BCUT2D eigenvalue weighted by Crippen LogP contribution is 2.27. The second kappa shape index (κ2) is 5.52. The Morgan fingerprint density at radius 3 is 2.65 bits per heavy atom. The van der Waals surface area contributed by atoms with Crippen molar-refractivity contribution in [3.63, 3.8) is 0 Å². The van der Waals surface area contributed by atoms with Gasteiger partial charge in [-0.2, -0.15) is 0 Å². The molecule has 2 aromatic heterocycles. The maximum Gasteiger partial charge on any atom is 0.259 e. The standard InChI is InChI=1S/C14H14N4OS/c1-9-16-8-11(20-9)13-17-18-14(19-13)12(15-2)10-6-4-3-5-7-10/h3-8,12,15H,1-2H3. The number of aromatic nitrogens is 3. The Morgan fingerprint density at radius 2 is 2.00 bits per heavy atom. The van der Waals surface area contributed by atoms with Crippen LogP contribution in [-0.4, -0.2) is 22.2 Å². The highest BCUT2D eigenvalue weighted by molar-refractivity contribution is 7.14. The van der Waals surface area contributed by atoms with Gasteiger partial charge >= 0.3 is 0 Å². The number of benzene rings is 1. The molecule has 0 fully saturated rings. The van der Waals surface area contributed by atoms with Crippen molar-refractivity contribution in [3.05, 3.63) is 53.0 Å². The topological polar surface area (TPSA) is 63.8 Å². The first-order chi connectivity index (χ1) is 9.78. The molecule has 1 atom stereocenters. The molecule has 0 radical (unpaired) electrons. The van der Waals surface area contributed by atoms with Crippen LogP contribution >= 0.6 is 11.3 Å². The zero-order valence-corrected chi connectivity index (χ0v) is 12.0. The van der Waals surface area contributed by atoms with Gasteiger partial charge in [-0.15, -0.1) is 21.5 Å². The summed E-state index contributed by atoms with van der Waals surface area (Å²) in [6.07, 6.45) is 1.76. The minimum absolute atomic E-state index is 0.105. The molecule has 5 nitrogen and oxygen atoms in total. The van der Waals surface area contributed by atoms with Crippen molar-refractivity contribution in [2.24, 2.45) is 0 Å². The van der Waals surface area contributed by atoms with E-state index in [4.69, 9.17) is 4.42 Å². The Kier molecular flexibility index (Phi) is 3.58. The first-order valence-corrected chi connectivity index (χ1v) is 7.08. The lowest BCUT2D eigenvalue weighted by molar-refractivity contribution is 0.456. The van der Waals surface area contributed by atoms with Gasteiger partial charge in [0.1, 0.15) is 10.9 Å². The fourth-order valence-electron chi connectivity index (χ4n) is 1.99. The van der Waals surface area contributed by atoms with E-state index in [1.54, 1.807) is 17.5 Å². The number of rotatable bonds is 4. The predicted molar refractivity (Wildman–Crippen MR) is 77.5 cm³/mol. The van der Waals surface area contributed by atoms with Crippen molar-refractivity contribution < 1.29 is 4.42 Å². The van der Waals surface area contributed by atoms with Gasteiger partial charge in [0.15, 0.2) is 0 Å². The summed E-state index contributed by atoms with van der Waals surface area (Å²) in [5.41, 5.74) is 1.09. The minimum Gasteiger partial charge on any atom is -0.418 e. The SMILES string of the molecule is CNC(c1ccccc1)c1nnc(-c2cnc(C)s2)o1. The van der Waals surface area contributed by atoms with Crippen LogP contribution in [0.4, 0.5) is 0 Å². The van der Waals surface area contributed by atoms with Crippen LogP contribution in [0.2, 0.25) is 0 Å². The molecule has 2 heterocycles. The van der Waals surface area contributed by atoms with Gasteiger partial charge in [-0.25, -0.2) is 4.98 Å². The van der Waals surface area contributed by atoms with Crippen molar-refractivity contribution in [2.45, 2.75) is 13.0 Å². The average Bonchev–Trinajstić information content (AvgIpc) is 3.10. The molecule has 0 aliphatic heterocycles. The van der Waals surface area contributed by atoms with E-state index in [-0.39, 0.29) is 6.04 Å². The van der Waals surface area contributed by atoms with E-state index in [1.165, 1.54) is 0 Å². The lowest BCUT2D eigenvalue weighted by atomic mass is 10.1. The molecule has 0 bridgehead atoms. The summed E-state index contributed by atoms with van der Waals surface area (Å²) < 4.78 is 5.78. The Morgan fingerprint density at radius 1 is 1.20 bits per heavy atom. The normalized spacial score (nSPS) is 12.5. The van der Waals surface area contributed by atoms with Crippen LogP contribution in [0.3, 0.4) is 0 Å². The van der Waals surface area contributed by atoms with E-state index >= 15 is 0 Å². The van der Waals surface area contributed by atoms with Crippen molar-refractivity contribution >= 4 is 11.3 Å². The number of nitrogens with zero attached hydrogens (tertiary/aromatic N) is 3. The number of hydrogen-bond acceptors (Lipinski definition) is 6. The zero-order chi connectivity index (χ0) is 13.9. The maximum absolute atomic E-state index is 5.78. The first kappa shape index (κ1) is 13.0. The molecule has 3 rings (SSSR count). The number of aryl methyl sites for hydroxylation is 1.